The van der Waals surface area contributed by atoms with Gasteiger partial charge in [0, 0.05) is 10.9 Å². The second kappa shape index (κ2) is 6.06. The van der Waals surface area contributed by atoms with Gasteiger partial charge in [0.25, 0.3) is 5.91 Å². The average molecular weight is 353 g/mol. The summed E-state index contributed by atoms with van der Waals surface area (Å²) in [4.78, 5) is 15.5. The third kappa shape index (κ3) is 3.01. The van der Waals surface area contributed by atoms with E-state index >= 15 is 0 Å². The van der Waals surface area contributed by atoms with Crippen LogP contribution in [0, 0.1) is 0 Å². The highest BCUT2D eigenvalue weighted by Crippen LogP contribution is 2.33. The summed E-state index contributed by atoms with van der Waals surface area (Å²) in [5.41, 5.74) is 1.64. The number of halogens is 3. The number of benzene rings is 1. The maximum absolute atomic E-state index is 13.0. The van der Waals surface area contributed by atoms with Gasteiger partial charge in [0.05, 0.1) is 5.69 Å². The molecule has 0 saturated heterocycles. The van der Waals surface area contributed by atoms with Gasteiger partial charge in [-0.3, -0.25) is 10.2 Å². The molecule has 0 bridgehead atoms. The first-order chi connectivity index (χ1) is 11.4. The SMILES string of the molecule is NNC(=O)c1csc(-n2nc(C(F)(F)F)cc2-c2ccccc2)n1. The van der Waals surface area contributed by atoms with Crippen molar-refractivity contribution < 1.29 is 18.0 Å². The van der Waals surface area contributed by atoms with Gasteiger partial charge in [-0.05, 0) is 6.07 Å². The van der Waals surface area contributed by atoms with Gasteiger partial charge in [0.1, 0.15) is 5.69 Å². The second-order valence-corrected chi connectivity index (χ2v) is 5.52. The van der Waals surface area contributed by atoms with E-state index in [1.807, 2.05) is 5.43 Å². The Morgan fingerprint density at radius 2 is 1.96 bits per heavy atom. The number of hydrazine groups is 1. The predicted molar refractivity (Wildman–Crippen MR) is 81.3 cm³/mol. The van der Waals surface area contributed by atoms with Crippen molar-refractivity contribution >= 4 is 17.2 Å². The number of carbonyl (C=O) groups excluding carboxylic acids is 1. The van der Waals surface area contributed by atoms with E-state index in [9.17, 15) is 18.0 Å². The summed E-state index contributed by atoms with van der Waals surface area (Å²) in [5.74, 6) is 4.39. The summed E-state index contributed by atoms with van der Waals surface area (Å²) in [7, 11) is 0. The lowest BCUT2D eigenvalue weighted by molar-refractivity contribution is -0.141. The number of rotatable bonds is 3. The Hall–Kier alpha value is -2.72. The number of hydrogen-bond acceptors (Lipinski definition) is 5. The van der Waals surface area contributed by atoms with Crippen molar-refractivity contribution in [1.82, 2.24) is 20.2 Å². The van der Waals surface area contributed by atoms with Crippen LogP contribution in [0.2, 0.25) is 0 Å². The highest BCUT2D eigenvalue weighted by molar-refractivity contribution is 7.12. The Morgan fingerprint density at radius 3 is 2.58 bits per heavy atom. The van der Waals surface area contributed by atoms with E-state index in [1.165, 1.54) is 5.38 Å². The number of nitrogen functional groups attached to an aromatic ring is 1. The van der Waals surface area contributed by atoms with Crippen LogP contribution >= 0.6 is 11.3 Å². The van der Waals surface area contributed by atoms with Gasteiger partial charge in [-0.1, -0.05) is 30.3 Å². The standard InChI is InChI=1S/C14H10F3N5OS/c15-14(16,17)11-6-10(8-4-2-1-3-5-8)22(21-11)13-19-9(7-24-13)12(23)20-18/h1-7H,18H2,(H,20,23). The number of nitrogens with zero attached hydrogens (tertiary/aromatic N) is 3. The van der Waals surface area contributed by atoms with Crippen LogP contribution in [0.5, 0.6) is 0 Å². The molecule has 0 spiro atoms. The zero-order valence-corrected chi connectivity index (χ0v) is 12.7. The molecule has 3 N–H and O–H groups in total. The lowest BCUT2D eigenvalue weighted by atomic mass is 10.1. The molecule has 0 saturated carbocycles. The molecule has 2 heterocycles. The fourth-order valence-electron chi connectivity index (χ4n) is 2.02. The van der Waals surface area contributed by atoms with Crippen LogP contribution in [0.25, 0.3) is 16.4 Å². The zero-order valence-electron chi connectivity index (χ0n) is 11.9. The summed E-state index contributed by atoms with van der Waals surface area (Å²) in [6.45, 7) is 0. The molecule has 1 amide bonds. The number of nitrogens with two attached hydrogens (primary N) is 1. The number of alkyl halides is 3. The third-order valence-corrected chi connectivity index (χ3v) is 3.92. The number of amides is 1. The van der Waals surface area contributed by atoms with E-state index in [0.717, 1.165) is 22.1 Å². The van der Waals surface area contributed by atoms with Crippen LogP contribution in [0.1, 0.15) is 16.2 Å². The van der Waals surface area contributed by atoms with Crippen molar-refractivity contribution in [1.29, 1.82) is 0 Å². The summed E-state index contributed by atoms with van der Waals surface area (Å²) in [6.07, 6.45) is -4.59. The van der Waals surface area contributed by atoms with E-state index in [1.54, 1.807) is 30.3 Å². The van der Waals surface area contributed by atoms with Crippen molar-refractivity contribution in [3.05, 3.63) is 53.2 Å². The molecule has 124 valence electrons. The van der Waals surface area contributed by atoms with E-state index in [0.29, 0.717) is 5.56 Å². The molecule has 0 aliphatic rings. The van der Waals surface area contributed by atoms with E-state index in [-0.39, 0.29) is 16.5 Å². The Bertz CT molecular complexity index is 872. The molecule has 0 fully saturated rings. The van der Waals surface area contributed by atoms with Crippen LogP contribution in [0.3, 0.4) is 0 Å². The van der Waals surface area contributed by atoms with Crippen LogP contribution in [0.4, 0.5) is 13.2 Å². The number of carbonyl (C=O) groups is 1. The van der Waals surface area contributed by atoms with Crippen LogP contribution in [-0.4, -0.2) is 20.7 Å². The van der Waals surface area contributed by atoms with Gasteiger partial charge in [0.2, 0.25) is 5.13 Å². The highest BCUT2D eigenvalue weighted by Gasteiger charge is 2.35. The van der Waals surface area contributed by atoms with E-state index in [2.05, 4.69) is 10.1 Å². The molecule has 0 atom stereocenters. The predicted octanol–water partition coefficient (Wildman–Crippen LogP) is 2.62. The minimum absolute atomic E-state index is 0.000528. The average Bonchev–Trinajstić information content (AvgIpc) is 3.21. The molecule has 24 heavy (non-hydrogen) atoms. The quantitative estimate of drug-likeness (QED) is 0.431. The summed E-state index contributed by atoms with van der Waals surface area (Å²) < 4.78 is 40.1. The van der Waals surface area contributed by atoms with Crippen molar-refractivity contribution in [3.8, 4) is 16.4 Å². The van der Waals surface area contributed by atoms with Gasteiger partial charge in [-0.15, -0.1) is 11.3 Å². The second-order valence-electron chi connectivity index (χ2n) is 4.68. The number of aromatic nitrogens is 3. The first-order valence-corrected chi connectivity index (χ1v) is 7.47. The molecule has 1 aromatic carbocycles. The van der Waals surface area contributed by atoms with Crippen molar-refractivity contribution in [2.45, 2.75) is 6.18 Å². The van der Waals surface area contributed by atoms with Gasteiger partial charge in [-0.2, -0.15) is 18.3 Å². The Labute approximate surface area is 137 Å². The molecule has 0 aliphatic heterocycles. The fraction of sp³-hybridized carbons (Fsp3) is 0.0714. The Kier molecular flexibility index (Phi) is 4.08. The molecule has 0 radical (unpaired) electrons. The van der Waals surface area contributed by atoms with E-state index < -0.39 is 17.8 Å². The fourth-order valence-corrected chi connectivity index (χ4v) is 2.79. The minimum Gasteiger partial charge on any atom is -0.289 e. The first kappa shape index (κ1) is 16.1. The molecule has 6 nitrogen and oxygen atoms in total. The maximum atomic E-state index is 13.0. The normalized spacial score (nSPS) is 11.5. The van der Waals surface area contributed by atoms with Gasteiger partial charge in [0.15, 0.2) is 5.69 Å². The van der Waals surface area contributed by atoms with Crippen LogP contribution in [-0.2, 0) is 6.18 Å². The lowest BCUT2D eigenvalue weighted by Gasteiger charge is -2.03. The molecule has 0 unspecified atom stereocenters. The van der Waals surface area contributed by atoms with Crippen LogP contribution in [0.15, 0.2) is 41.8 Å². The molecule has 10 heteroatoms. The first-order valence-electron chi connectivity index (χ1n) is 6.59. The lowest BCUT2D eigenvalue weighted by Crippen LogP contribution is -2.30. The number of thiazole rings is 1. The molecular weight excluding hydrogens is 343 g/mol. The van der Waals surface area contributed by atoms with Crippen molar-refractivity contribution in [2.24, 2.45) is 5.84 Å². The largest absolute Gasteiger partial charge is 0.435 e. The van der Waals surface area contributed by atoms with Crippen molar-refractivity contribution in [2.75, 3.05) is 0 Å². The summed E-state index contributed by atoms with van der Waals surface area (Å²) >= 11 is 0.985. The molecule has 0 aliphatic carbocycles. The third-order valence-electron chi connectivity index (χ3n) is 3.11. The van der Waals surface area contributed by atoms with Gasteiger partial charge >= 0.3 is 6.18 Å². The molecule has 2 aromatic heterocycles. The summed E-state index contributed by atoms with van der Waals surface area (Å²) in [6, 6.07) is 9.43. The highest BCUT2D eigenvalue weighted by atomic mass is 32.1. The topological polar surface area (TPSA) is 85.8 Å². The number of hydrogen-bond donors (Lipinski definition) is 2. The molecular formula is C14H10F3N5OS. The maximum Gasteiger partial charge on any atom is 0.435 e. The smallest absolute Gasteiger partial charge is 0.289 e. The summed E-state index contributed by atoms with van der Waals surface area (Å²) in [5, 5.41) is 5.12. The zero-order chi connectivity index (χ0) is 17.3. The van der Waals surface area contributed by atoms with Crippen molar-refractivity contribution in [3.63, 3.8) is 0 Å². The van der Waals surface area contributed by atoms with E-state index in [4.69, 9.17) is 5.84 Å². The molecule has 3 rings (SSSR count). The monoisotopic (exact) mass is 353 g/mol. The molecule has 3 aromatic rings. The minimum atomic E-state index is -4.59. The Balaban J connectivity index is 2.14. The van der Waals surface area contributed by atoms with Crippen LogP contribution < -0.4 is 11.3 Å². The number of nitrogens with one attached hydrogen (secondary N) is 1. The van der Waals surface area contributed by atoms with Gasteiger partial charge < -0.3 is 0 Å². The van der Waals surface area contributed by atoms with Gasteiger partial charge in [-0.25, -0.2) is 15.5 Å². The Morgan fingerprint density at radius 1 is 1.25 bits per heavy atom.